The molecule has 0 aliphatic carbocycles. The number of carbonyl (C=O) groups excluding carboxylic acids is 1. The Bertz CT molecular complexity index is 755. The van der Waals surface area contributed by atoms with Crippen molar-refractivity contribution < 1.29 is 9.18 Å². The quantitative estimate of drug-likeness (QED) is 0.762. The maximum Gasteiger partial charge on any atom is 0.267 e. The summed E-state index contributed by atoms with van der Waals surface area (Å²) in [6.45, 7) is 0.462. The third-order valence-electron chi connectivity index (χ3n) is 3.12. The lowest BCUT2D eigenvalue weighted by molar-refractivity contribution is 0.0947. The largest absolute Gasteiger partial charge is 0.351 e. The molecule has 3 aromatic rings. The Balaban J connectivity index is 0.00000161. The van der Waals surface area contributed by atoms with Crippen LogP contribution in [-0.4, -0.2) is 10.9 Å². The number of H-pyrrole nitrogens is 1. The second-order valence-corrected chi connectivity index (χ2v) is 4.58. The van der Waals surface area contributed by atoms with E-state index in [-0.39, 0.29) is 24.1 Å². The number of nitrogens with one attached hydrogen (secondary N) is 2. The Hall–Kier alpha value is -2.33. The van der Waals surface area contributed by atoms with Crippen LogP contribution in [0.1, 0.15) is 16.1 Å². The molecule has 0 radical (unpaired) electrons. The zero-order chi connectivity index (χ0) is 13.9. The summed E-state index contributed by atoms with van der Waals surface area (Å²) in [6, 6.07) is 15.7. The van der Waals surface area contributed by atoms with Crippen LogP contribution >= 0.6 is 12.4 Å². The summed E-state index contributed by atoms with van der Waals surface area (Å²) in [5.41, 5.74) is 2.21. The summed E-state index contributed by atoms with van der Waals surface area (Å²) in [4.78, 5) is 15.0. The fraction of sp³-hybridized carbons (Fsp3) is 0.0625. The summed E-state index contributed by atoms with van der Waals surface area (Å²) in [5, 5.41) is 3.52. The van der Waals surface area contributed by atoms with E-state index in [0.29, 0.717) is 17.6 Å². The fourth-order valence-electron chi connectivity index (χ4n) is 2.10. The first-order valence-electron chi connectivity index (χ1n) is 6.33. The molecule has 0 fully saturated rings. The van der Waals surface area contributed by atoms with Gasteiger partial charge in [0.25, 0.3) is 5.91 Å². The van der Waals surface area contributed by atoms with Crippen LogP contribution in [0.5, 0.6) is 0 Å². The molecule has 1 aromatic heterocycles. The smallest absolute Gasteiger partial charge is 0.267 e. The topological polar surface area (TPSA) is 44.9 Å². The minimum atomic E-state index is -0.312. The van der Waals surface area contributed by atoms with Gasteiger partial charge in [0.1, 0.15) is 11.5 Å². The minimum absolute atomic E-state index is 0. The van der Waals surface area contributed by atoms with Crippen molar-refractivity contribution in [3.8, 4) is 0 Å². The molecule has 0 unspecified atom stereocenters. The fourth-order valence-corrected chi connectivity index (χ4v) is 2.10. The second-order valence-electron chi connectivity index (χ2n) is 4.58. The van der Waals surface area contributed by atoms with Gasteiger partial charge in [0.15, 0.2) is 0 Å². The van der Waals surface area contributed by atoms with Gasteiger partial charge in [-0.1, -0.05) is 30.3 Å². The van der Waals surface area contributed by atoms with Gasteiger partial charge < -0.3 is 10.3 Å². The van der Waals surface area contributed by atoms with E-state index in [0.717, 1.165) is 11.1 Å². The number of carbonyl (C=O) groups is 1. The van der Waals surface area contributed by atoms with Crippen LogP contribution in [0.4, 0.5) is 4.39 Å². The van der Waals surface area contributed by atoms with Crippen molar-refractivity contribution in [3.05, 3.63) is 71.7 Å². The van der Waals surface area contributed by atoms with E-state index in [1.54, 1.807) is 12.1 Å². The standard InChI is InChI=1S/C16H13FN2O.ClH/c17-13-6-7-14-12(8-13)9-15(19-14)16(20)18-10-11-4-2-1-3-5-11;/h1-9,19H,10H2,(H,18,20);1H. The molecule has 0 saturated carbocycles. The van der Waals surface area contributed by atoms with Gasteiger partial charge in [-0.15, -0.1) is 12.4 Å². The highest BCUT2D eigenvalue weighted by Gasteiger charge is 2.09. The van der Waals surface area contributed by atoms with Crippen LogP contribution in [-0.2, 0) is 6.54 Å². The molecule has 0 bridgehead atoms. The van der Waals surface area contributed by atoms with Crippen LogP contribution in [0.25, 0.3) is 10.9 Å². The first-order valence-corrected chi connectivity index (χ1v) is 6.33. The maximum absolute atomic E-state index is 13.1. The van der Waals surface area contributed by atoms with Crippen LogP contribution < -0.4 is 5.32 Å². The monoisotopic (exact) mass is 304 g/mol. The predicted octanol–water partition coefficient (Wildman–Crippen LogP) is 3.66. The molecule has 0 spiro atoms. The summed E-state index contributed by atoms with van der Waals surface area (Å²) >= 11 is 0. The molecule has 0 saturated heterocycles. The second kappa shape index (κ2) is 6.41. The van der Waals surface area contributed by atoms with Gasteiger partial charge in [-0.2, -0.15) is 0 Å². The number of rotatable bonds is 3. The first kappa shape index (κ1) is 15.1. The Morgan fingerprint density at radius 2 is 1.86 bits per heavy atom. The van der Waals surface area contributed by atoms with E-state index >= 15 is 0 Å². The van der Waals surface area contributed by atoms with Gasteiger partial charge in [-0.05, 0) is 29.8 Å². The molecule has 1 amide bonds. The van der Waals surface area contributed by atoms with Gasteiger partial charge >= 0.3 is 0 Å². The first-order chi connectivity index (χ1) is 9.72. The average molecular weight is 305 g/mol. The third-order valence-corrected chi connectivity index (χ3v) is 3.12. The summed E-state index contributed by atoms with van der Waals surface area (Å²) in [7, 11) is 0. The van der Waals surface area contributed by atoms with Gasteiger partial charge in [0.2, 0.25) is 0 Å². The SMILES string of the molecule is Cl.O=C(NCc1ccccc1)c1cc2cc(F)ccc2[nH]1. The zero-order valence-corrected chi connectivity index (χ0v) is 11.9. The van der Waals surface area contributed by atoms with Gasteiger partial charge in [-0.3, -0.25) is 4.79 Å². The molecule has 108 valence electrons. The Morgan fingerprint density at radius 1 is 1.10 bits per heavy atom. The van der Waals surface area contributed by atoms with Crippen molar-refractivity contribution >= 4 is 29.2 Å². The summed E-state index contributed by atoms with van der Waals surface area (Å²) in [6.07, 6.45) is 0. The number of amides is 1. The van der Waals surface area contributed by atoms with Crippen molar-refractivity contribution in [1.29, 1.82) is 0 Å². The maximum atomic E-state index is 13.1. The molecule has 5 heteroatoms. The van der Waals surface area contributed by atoms with Gasteiger partial charge in [-0.25, -0.2) is 4.39 Å². The lowest BCUT2D eigenvalue weighted by atomic mass is 10.2. The van der Waals surface area contributed by atoms with Crippen molar-refractivity contribution in [2.45, 2.75) is 6.54 Å². The molecule has 21 heavy (non-hydrogen) atoms. The van der Waals surface area contributed by atoms with Gasteiger partial charge in [0, 0.05) is 17.4 Å². The van der Waals surface area contributed by atoms with E-state index in [9.17, 15) is 9.18 Å². The molecule has 3 rings (SSSR count). The van der Waals surface area contributed by atoms with E-state index < -0.39 is 0 Å². The van der Waals surface area contributed by atoms with Crippen LogP contribution in [0.2, 0.25) is 0 Å². The molecule has 2 N–H and O–H groups in total. The van der Waals surface area contributed by atoms with Crippen molar-refractivity contribution in [3.63, 3.8) is 0 Å². The number of aromatic nitrogens is 1. The van der Waals surface area contributed by atoms with E-state index in [1.165, 1.54) is 12.1 Å². The normalized spacial score (nSPS) is 10.1. The number of benzene rings is 2. The van der Waals surface area contributed by atoms with E-state index in [2.05, 4.69) is 10.3 Å². The number of fused-ring (bicyclic) bond motifs is 1. The number of aromatic amines is 1. The molecule has 0 aliphatic heterocycles. The lowest BCUT2D eigenvalue weighted by Crippen LogP contribution is -2.22. The van der Waals surface area contributed by atoms with Crippen molar-refractivity contribution in [1.82, 2.24) is 10.3 Å². The highest BCUT2D eigenvalue weighted by Crippen LogP contribution is 2.16. The van der Waals surface area contributed by atoms with E-state index in [1.807, 2.05) is 30.3 Å². The lowest BCUT2D eigenvalue weighted by Gasteiger charge is -2.03. The van der Waals surface area contributed by atoms with Crippen molar-refractivity contribution in [2.24, 2.45) is 0 Å². The van der Waals surface area contributed by atoms with Crippen LogP contribution in [0.15, 0.2) is 54.6 Å². The molecular weight excluding hydrogens is 291 g/mol. The number of hydrogen-bond donors (Lipinski definition) is 2. The van der Waals surface area contributed by atoms with Gasteiger partial charge in [0.05, 0.1) is 0 Å². The Morgan fingerprint density at radius 3 is 2.62 bits per heavy atom. The molecular formula is C16H14ClFN2O. The van der Waals surface area contributed by atoms with Crippen molar-refractivity contribution in [2.75, 3.05) is 0 Å². The summed E-state index contributed by atoms with van der Waals surface area (Å²) in [5.74, 6) is -0.516. The highest BCUT2D eigenvalue weighted by atomic mass is 35.5. The molecule has 0 atom stereocenters. The third kappa shape index (κ3) is 3.41. The van der Waals surface area contributed by atoms with E-state index in [4.69, 9.17) is 0 Å². The molecule has 2 aromatic carbocycles. The highest BCUT2D eigenvalue weighted by molar-refractivity contribution is 5.97. The van der Waals surface area contributed by atoms with Crippen LogP contribution in [0.3, 0.4) is 0 Å². The average Bonchev–Trinajstić information content (AvgIpc) is 2.89. The predicted molar refractivity (Wildman–Crippen MR) is 83.1 cm³/mol. The minimum Gasteiger partial charge on any atom is -0.351 e. The Kier molecular flexibility index (Phi) is 4.60. The van der Waals surface area contributed by atoms with Crippen LogP contribution in [0, 0.1) is 5.82 Å². The summed E-state index contributed by atoms with van der Waals surface area (Å²) < 4.78 is 13.1. The number of halogens is 2. The molecule has 0 aliphatic rings. The number of hydrogen-bond acceptors (Lipinski definition) is 1. The zero-order valence-electron chi connectivity index (χ0n) is 11.1. The molecule has 1 heterocycles. The molecule has 3 nitrogen and oxygen atoms in total. The Labute approximate surface area is 127 Å².